The van der Waals surface area contributed by atoms with Crippen LogP contribution in [0.15, 0.2) is 41.8 Å². The monoisotopic (exact) mass is 445 g/mol. The van der Waals surface area contributed by atoms with E-state index in [1.54, 1.807) is 17.4 Å². The number of rotatable bonds is 11. The van der Waals surface area contributed by atoms with Gasteiger partial charge < -0.3 is 9.84 Å². The Morgan fingerprint density at radius 2 is 1.87 bits per heavy atom. The molecule has 1 aromatic carbocycles. The smallest absolute Gasteiger partial charge is 0.124 e. The van der Waals surface area contributed by atoms with E-state index in [1.807, 2.05) is 31.7 Å². The van der Waals surface area contributed by atoms with E-state index in [4.69, 9.17) is 14.8 Å². The Morgan fingerprint density at radius 3 is 2.47 bits per heavy atom. The third kappa shape index (κ3) is 7.69. The minimum atomic E-state index is -0.277. The lowest BCUT2D eigenvalue weighted by molar-refractivity contribution is -0.0352. The van der Waals surface area contributed by atoms with Crippen molar-refractivity contribution in [2.45, 2.75) is 69.1 Å². The normalized spacial score (nSPS) is 13.8. The second kappa shape index (κ2) is 11.3. The van der Waals surface area contributed by atoms with Crippen molar-refractivity contribution < 1.29 is 9.84 Å². The number of aliphatic hydroxyl groups is 1. The molecule has 0 radical (unpaired) electrons. The number of nitrogens with zero attached hydrogens (tertiary/aromatic N) is 1. The summed E-state index contributed by atoms with van der Waals surface area (Å²) >= 11 is 3.59. The average Bonchev–Trinajstić information content (AvgIpc) is 3.05. The van der Waals surface area contributed by atoms with Crippen LogP contribution in [0.5, 0.6) is 0 Å². The van der Waals surface area contributed by atoms with Gasteiger partial charge in [-0.25, -0.2) is 4.98 Å². The maximum absolute atomic E-state index is 9.13. The average molecular weight is 446 g/mol. The van der Waals surface area contributed by atoms with E-state index in [9.17, 15) is 0 Å². The number of aliphatic hydroxyl groups excluding tert-OH is 1. The lowest BCUT2D eigenvalue weighted by Crippen LogP contribution is -2.28. The Morgan fingerprint density at radius 1 is 1.17 bits per heavy atom. The summed E-state index contributed by atoms with van der Waals surface area (Å²) in [7, 11) is 0. The molecule has 0 aliphatic heterocycles. The molecule has 1 N–H and O–H groups in total. The van der Waals surface area contributed by atoms with Crippen LogP contribution in [0.1, 0.15) is 53.9 Å². The van der Waals surface area contributed by atoms with E-state index in [2.05, 4.69) is 57.7 Å². The summed E-state index contributed by atoms with van der Waals surface area (Å²) in [4.78, 5) is 6.03. The molecule has 0 aliphatic rings. The minimum absolute atomic E-state index is 0.0628. The van der Waals surface area contributed by atoms with Crippen molar-refractivity contribution in [2.24, 2.45) is 0 Å². The predicted molar refractivity (Wildman–Crippen MR) is 133 cm³/mol. The lowest BCUT2D eigenvalue weighted by atomic mass is 10.1. The Hall–Kier alpha value is -1.40. The Bertz CT molecular complexity index is 927. The van der Waals surface area contributed by atoms with Crippen LogP contribution in [0.3, 0.4) is 0 Å². The highest BCUT2D eigenvalue weighted by molar-refractivity contribution is 8.00. The van der Waals surface area contributed by atoms with Crippen molar-refractivity contribution in [1.29, 1.82) is 0 Å². The molecule has 0 fully saturated rings. The summed E-state index contributed by atoms with van der Waals surface area (Å²) < 4.78 is 7.25. The van der Waals surface area contributed by atoms with Gasteiger partial charge in [0.1, 0.15) is 5.01 Å². The number of allylic oxidation sites excluding steroid dienone is 1. The fourth-order valence-corrected chi connectivity index (χ4v) is 5.15. The van der Waals surface area contributed by atoms with Gasteiger partial charge in [0.15, 0.2) is 0 Å². The van der Waals surface area contributed by atoms with E-state index >= 15 is 0 Å². The van der Waals surface area contributed by atoms with Gasteiger partial charge in [0.05, 0.1) is 15.5 Å². The number of benzene rings is 1. The molecule has 0 spiro atoms. The van der Waals surface area contributed by atoms with Gasteiger partial charge in [-0.1, -0.05) is 51.6 Å². The van der Waals surface area contributed by atoms with Gasteiger partial charge in [-0.15, -0.1) is 23.1 Å². The molecule has 0 saturated carbocycles. The highest BCUT2D eigenvalue weighted by atomic mass is 32.2. The molecule has 164 valence electrons. The van der Waals surface area contributed by atoms with Crippen molar-refractivity contribution in [3.05, 3.63) is 46.8 Å². The molecule has 1 aromatic heterocycles. The first kappa shape index (κ1) is 24.9. The number of thioether (sulfide) groups is 1. The molecule has 0 bridgehead atoms. The van der Waals surface area contributed by atoms with Gasteiger partial charge >= 0.3 is 0 Å². The molecule has 5 heteroatoms. The molecule has 3 nitrogen and oxygen atoms in total. The molecule has 1 heterocycles. The van der Waals surface area contributed by atoms with Crippen LogP contribution >= 0.6 is 23.1 Å². The molecular formula is C25H35NO2S2. The third-order valence-electron chi connectivity index (χ3n) is 4.75. The highest BCUT2D eigenvalue weighted by Crippen LogP contribution is 2.36. The molecule has 0 aliphatic carbocycles. The zero-order valence-corrected chi connectivity index (χ0v) is 20.5. The molecule has 0 unspecified atom stereocenters. The first-order valence-corrected chi connectivity index (χ1v) is 12.2. The summed E-state index contributed by atoms with van der Waals surface area (Å²) in [6.45, 7) is 15.3. The second-order valence-corrected chi connectivity index (χ2v) is 11.3. The topological polar surface area (TPSA) is 42.4 Å². The van der Waals surface area contributed by atoms with Crippen molar-refractivity contribution in [3.63, 3.8) is 0 Å². The Balaban J connectivity index is 2.05. The van der Waals surface area contributed by atoms with Crippen LogP contribution < -0.4 is 9.88 Å². The number of ether oxygens (including phenoxy) is 1. The summed E-state index contributed by atoms with van der Waals surface area (Å²) in [5.41, 5.74) is 0.867. The fourth-order valence-electron chi connectivity index (χ4n) is 2.98. The van der Waals surface area contributed by atoms with Crippen molar-refractivity contribution >= 4 is 35.3 Å². The van der Waals surface area contributed by atoms with Crippen molar-refractivity contribution in [2.75, 3.05) is 13.2 Å². The van der Waals surface area contributed by atoms with Gasteiger partial charge in [0.25, 0.3) is 0 Å². The van der Waals surface area contributed by atoms with Crippen molar-refractivity contribution in [1.82, 2.24) is 4.98 Å². The van der Waals surface area contributed by atoms with Crippen LogP contribution in [-0.4, -0.2) is 33.7 Å². The van der Waals surface area contributed by atoms with Gasteiger partial charge in [0, 0.05) is 28.4 Å². The summed E-state index contributed by atoms with van der Waals surface area (Å²) in [6.07, 6.45) is 8.57. The number of hydrogen-bond acceptors (Lipinski definition) is 5. The third-order valence-corrected chi connectivity index (χ3v) is 7.13. The largest absolute Gasteiger partial charge is 0.396 e. The SMILES string of the molecule is C=C/C=c1/nc(-c2ccc(SC(C)(C)CCOC(C)(C)CCO)cc2)s/c1=C/CC. The molecule has 0 atom stereocenters. The first-order valence-electron chi connectivity index (χ1n) is 10.5. The van der Waals surface area contributed by atoms with Crippen LogP contribution in [0, 0.1) is 0 Å². The Kier molecular flexibility index (Phi) is 9.35. The number of thiazole rings is 1. The maximum atomic E-state index is 9.13. The summed E-state index contributed by atoms with van der Waals surface area (Å²) in [5, 5.41) is 11.2. The molecule has 2 aromatic rings. The first-order chi connectivity index (χ1) is 14.2. The van der Waals surface area contributed by atoms with Gasteiger partial charge in [-0.2, -0.15) is 0 Å². The molecular weight excluding hydrogens is 410 g/mol. The van der Waals surface area contributed by atoms with Crippen LogP contribution in [0.2, 0.25) is 0 Å². The van der Waals surface area contributed by atoms with E-state index in [-0.39, 0.29) is 17.0 Å². The van der Waals surface area contributed by atoms with E-state index in [0.29, 0.717) is 13.0 Å². The van der Waals surface area contributed by atoms with Gasteiger partial charge in [-0.3, -0.25) is 0 Å². The maximum Gasteiger partial charge on any atom is 0.124 e. The summed E-state index contributed by atoms with van der Waals surface area (Å²) in [6, 6.07) is 8.68. The van der Waals surface area contributed by atoms with Gasteiger partial charge in [0.2, 0.25) is 0 Å². The van der Waals surface area contributed by atoms with Crippen molar-refractivity contribution in [3.8, 4) is 10.6 Å². The van der Waals surface area contributed by atoms with Crippen LogP contribution in [0.25, 0.3) is 22.7 Å². The minimum Gasteiger partial charge on any atom is -0.396 e. The molecule has 0 amide bonds. The predicted octanol–water partition coefficient (Wildman–Crippen LogP) is 5.41. The molecule has 0 saturated heterocycles. The highest BCUT2D eigenvalue weighted by Gasteiger charge is 2.23. The number of hydrogen-bond donors (Lipinski definition) is 1. The number of aromatic nitrogens is 1. The molecule has 2 rings (SSSR count). The van der Waals surface area contributed by atoms with Crippen LogP contribution in [0.4, 0.5) is 0 Å². The quantitative estimate of drug-likeness (QED) is 0.470. The second-order valence-electron chi connectivity index (χ2n) is 8.50. The molecule has 30 heavy (non-hydrogen) atoms. The van der Waals surface area contributed by atoms with E-state index < -0.39 is 0 Å². The van der Waals surface area contributed by atoms with E-state index in [1.165, 1.54) is 9.43 Å². The fraction of sp³-hybridized carbons (Fsp3) is 0.480. The zero-order chi connectivity index (χ0) is 22.2. The Labute approximate surface area is 189 Å². The zero-order valence-electron chi connectivity index (χ0n) is 18.9. The lowest BCUT2D eigenvalue weighted by Gasteiger charge is -2.29. The standard InChI is InChI=1S/C25H35NO2S2/c1-7-9-21-22(10-8-2)29-23(26-21)19-11-13-20(14-12-19)30-25(5,6)16-18-28-24(3,4)15-17-27/h7,9-14,27H,1,8,15-18H2,2-6H3/b21-9+,22-10+. The van der Waals surface area contributed by atoms with Crippen LogP contribution in [-0.2, 0) is 4.74 Å². The summed E-state index contributed by atoms with van der Waals surface area (Å²) in [5.74, 6) is 0. The van der Waals surface area contributed by atoms with Gasteiger partial charge in [-0.05, 0) is 51.3 Å². The van der Waals surface area contributed by atoms with E-state index in [0.717, 1.165) is 28.8 Å².